The Morgan fingerprint density at radius 2 is 1.52 bits per heavy atom. The van der Waals surface area contributed by atoms with Crippen LogP contribution in [-0.4, -0.2) is 25.7 Å². The number of nitrogens with one attached hydrogen (secondary N) is 1. The molecule has 0 saturated heterocycles. The van der Waals surface area contributed by atoms with E-state index in [1.54, 1.807) is 12.1 Å². The molecule has 2 aromatic carbocycles. The molecular weight excluding hydrogens is 342 g/mol. The van der Waals surface area contributed by atoms with E-state index in [1.165, 1.54) is 17.5 Å². The molecule has 0 radical (unpaired) electrons. The zero-order valence-corrected chi connectivity index (χ0v) is 16.3. The van der Waals surface area contributed by atoms with Crippen LogP contribution in [0, 0.1) is 0 Å². The summed E-state index contributed by atoms with van der Waals surface area (Å²) in [6, 6.07) is 9.55. The Morgan fingerprint density at radius 1 is 0.889 bits per heavy atom. The number of hydrogen-bond donors (Lipinski definition) is 1. The maximum Gasteiger partial charge on any atom is 0.255 e. The molecule has 0 unspecified atom stereocenters. The van der Waals surface area contributed by atoms with Crippen molar-refractivity contribution in [2.24, 2.45) is 0 Å². The van der Waals surface area contributed by atoms with Crippen molar-refractivity contribution in [1.82, 2.24) is 0 Å². The van der Waals surface area contributed by atoms with Gasteiger partial charge >= 0.3 is 0 Å². The second-order valence-electron chi connectivity index (χ2n) is 6.39. The zero-order valence-electron chi connectivity index (χ0n) is 16.3. The summed E-state index contributed by atoms with van der Waals surface area (Å²) < 4.78 is 17.1. The molecule has 0 heterocycles. The van der Waals surface area contributed by atoms with Crippen molar-refractivity contribution < 1.29 is 19.0 Å². The van der Waals surface area contributed by atoms with E-state index in [1.807, 2.05) is 26.8 Å². The maximum absolute atomic E-state index is 12.8. The lowest BCUT2D eigenvalue weighted by Crippen LogP contribution is -2.13. The lowest BCUT2D eigenvalue weighted by atomic mass is 10.1. The molecule has 0 fully saturated rings. The second kappa shape index (κ2) is 8.80. The molecule has 1 amide bonds. The van der Waals surface area contributed by atoms with E-state index in [4.69, 9.17) is 14.2 Å². The van der Waals surface area contributed by atoms with Crippen molar-refractivity contribution in [2.45, 2.75) is 40.0 Å². The van der Waals surface area contributed by atoms with Crippen LogP contribution in [0.5, 0.6) is 17.2 Å². The van der Waals surface area contributed by atoms with E-state index in [-0.39, 0.29) is 5.91 Å². The number of carbonyl (C=O) groups is 1. The van der Waals surface area contributed by atoms with Gasteiger partial charge in [0.15, 0.2) is 11.5 Å². The zero-order chi connectivity index (χ0) is 19.2. The molecular formula is C22H27NO4. The number of amides is 1. The van der Waals surface area contributed by atoms with Gasteiger partial charge in [0.05, 0.1) is 19.8 Å². The van der Waals surface area contributed by atoms with Gasteiger partial charge in [-0.3, -0.25) is 4.79 Å². The predicted octanol–water partition coefficient (Wildman–Crippen LogP) is 4.62. The highest BCUT2D eigenvalue weighted by molar-refractivity contribution is 6.05. The Hall–Kier alpha value is -2.69. The molecule has 0 saturated carbocycles. The van der Waals surface area contributed by atoms with Gasteiger partial charge in [0.2, 0.25) is 5.75 Å². The normalized spacial score (nSPS) is 12.4. The highest BCUT2D eigenvalue weighted by atomic mass is 16.5. The van der Waals surface area contributed by atoms with Gasteiger partial charge < -0.3 is 19.5 Å². The third-order valence-electron chi connectivity index (χ3n) is 4.53. The maximum atomic E-state index is 12.8. The lowest BCUT2D eigenvalue weighted by molar-refractivity contribution is 0.102. The van der Waals surface area contributed by atoms with Gasteiger partial charge in [-0.1, -0.05) is 6.07 Å². The Labute approximate surface area is 160 Å². The van der Waals surface area contributed by atoms with Crippen molar-refractivity contribution in [3.05, 3.63) is 47.0 Å². The third kappa shape index (κ3) is 4.35. The van der Waals surface area contributed by atoms with Crippen LogP contribution < -0.4 is 19.5 Å². The molecule has 0 aromatic heterocycles. The first-order chi connectivity index (χ1) is 13.2. The summed E-state index contributed by atoms with van der Waals surface area (Å²) in [6.45, 7) is 7.13. The molecule has 0 aliphatic heterocycles. The Morgan fingerprint density at radius 3 is 2.15 bits per heavy atom. The van der Waals surface area contributed by atoms with Crippen LogP contribution in [0.3, 0.4) is 0 Å². The quantitative estimate of drug-likeness (QED) is 0.737. The van der Waals surface area contributed by atoms with E-state index in [2.05, 4.69) is 17.4 Å². The van der Waals surface area contributed by atoms with Gasteiger partial charge in [-0.05, 0) is 75.4 Å². The molecule has 2 aromatic rings. The molecule has 27 heavy (non-hydrogen) atoms. The summed E-state index contributed by atoms with van der Waals surface area (Å²) in [5, 5.41) is 2.99. The molecule has 3 rings (SSSR count). The standard InChI is InChI=1S/C22H27NO4/c1-4-25-19-13-17(14-20(26-5-2)21(19)27-6-3)22(24)23-18-11-10-15-8-7-9-16(15)12-18/h10-14H,4-9H2,1-3H3,(H,23,24). The van der Waals surface area contributed by atoms with Gasteiger partial charge in [-0.15, -0.1) is 0 Å². The molecule has 5 nitrogen and oxygen atoms in total. The summed E-state index contributed by atoms with van der Waals surface area (Å²) in [5.74, 6) is 1.38. The highest BCUT2D eigenvalue weighted by Gasteiger charge is 2.19. The van der Waals surface area contributed by atoms with E-state index in [9.17, 15) is 4.79 Å². The number of fused-ring (bicyclic) bond motifs is 1. The minimum Gasteiger partial charge on any atom is -0.490 e. The smallest absolute Gasteiger partial charge is 0.255 e. The summed E-state index contributed by atoms with van der Waals surface area (Å²) in [6.07, 6.45) is 3.38. The van der Waals surface area contributed by atoms with Crippen molar-refractivity contribution >= 4 is 11.6 Å². The lowest BCUT2D eigenvalue weighted by Gasteiger charge is -2.17. The fourth-order valence-electron chi connectivity index (χ4n) is 3.37. The monoisotopic (exact) mass is 369 g/mol. The molecule has 0 spiro atoms. The summed E-state index contributed by atoms with van der Waals surface area (Å²) in [7, 11) is 0. The van der Waals surface area contributed by atoms with Gasteiger partial charge in [-0.25, -0.2) is 0 Å². The third-order valence-corrected chi connectivity index (χ3v) is 4.53. The van der Waals surface area contributed by atoms with Crippen molar-refractivity contribution in [3.63, 3.8) is 0 Å². The van der Waals surface area contributed by atoms with Crippen LogP contribution in [0.1, 0.15) is 48.7 Å². The van der Waals surface area contributed by atoms with Crippen LogP contribution in [0.25, 0.3) is 0 Å². The average Bonchev–Trinajstić information content (AvgIpc) is 3.12. The summed E-state index contributed by atoms with van der Waals surface area (Å²) >= 11 is 0. The number of aryl methyl sites for hydroxylation is 2. The number of benzene rings is 2. The molecule has 1 aliphatic carbocycles. The number of anilines is 1. The van der Waals surface area contributed by atoms with Crippen LogP contribution >= 0.6 is 0 Å². The van der Waals surface area contributed by atoms with E-state index >= 15 is 0 Å². The van der Waals surface area contributed by atoms with Crippen molar-refractivity contribution in [3.8, 4) is 17.2 Å². The number of carbonyl (C=O) groups excluding carboxylic acids is 1. The van der Waals surface area contributed by atoms with Gasteiger partial charge in [0, 0.05) is 11.3 Å². The summed E-state index contributed by atoms with van der Waals surface area (Å²) in [5.41, 5.74) is 3.99. The summed E-state index contributed by atoms with van der Waals surface area (Å²) in [4.78, 5) is 12.8. The van der Waals surface area contributed by atoms with Gasteiger partial charge in [0.25, 0.3) is 5.91 Å². The first kappa shape index (κ1) is 19.1. The minimum absolute atomic E-state index is 0.196. The molecule has 0 atom stereocenters. The Kier molecular flexibility index (Phi) is 6.22. The predicted molar refractivity (Wildman–Crippen MR) is 106 cm³/mol. The van der Waals surface area contributed by atoms with E-state index < -0.39 is 0 Å². The molecule has 5 heteroatoms. The fraction of sp³-hybridized carbons (Fsp3) is 0.409. The van der Waals surface area contributed by atoms with Crippen LogP contribution in [0.4, 0.5) is 5.69 Å². The van der Waals surface area contributed by atoms with Gasteiger partial charge in [0.1, 0.15) is 0 Å². The largest absolute Gasteiger partial charge is 0.490 e. The van der Waals surface area contributed by atoms with Crippen LogP contribution in [0.15, 0.2) is 30.3 Å². The van der Waals surface area contributed by atoms with Crippen LogP contribution in [-0.2, 0) is 12.8 Å². The van der Waals surface area contributed by atoms with Crippen molar-refractivity contribution in [2.75, 3.05) is 25.1 Å². The van der Waals surface area contributed by atoms with Crippen molar-refractivity contribution in [1.29, 1.82) is 0 Å². The van der Waals surface area contributed by atoms with Crippen LogP contribution in [0.2, 0.25) is 0 Å². The molecule has 1 N–H and O–H groups in total. The SMILES string of the molecule is CCOc1cc(C(=O)Nc2ccc3c(c2)CCC3)cc(OCC)c1OCC. The number of rotatable bonds is 8. The van der Waals surface area contributed by atoms with E-state index in [0.29, 0.717) is 42.6 Å². The average molecular weight is 369 g/mol. The molecule has 144 valence electrons. The number of hydrogen-bond acceptors (Lipinski definition) is 4. The first-order valence-corrected chi connectivity index (χ1v) is 9.65. The molecule has 1 aliphatic rings. The minimum atomic E-state index is -0.196. The topological polar surface area (TPSA) is 56.8 Å². The number of ether oxygens (including phenoxy) is 3. The Bertz CT molecular complexity index is 789. The fourth-order valence-corrected chi connectivity index (χ4v) is 3.37. The molecule has 0 bridgehead atoms. The first-order valence-electron chi connectivity index (χ1n) is 9.65. The highest BCUT2D eigenvalue weighted by Crippen LogP contribution is 2.39. The second-order valence-corrected chi connectivity index (χ2v) is 6.39. The Balaban J connectivity index is 1.88. The van der Waals surface area contributed by atoms with Gasteiger partial charge in [-0.2, -0.15) is 0 Å². The van der Waals surface area contributed by atoms with E-state index in [0.717, 1.165) is 18.5 Å².